The van der Waals surface area contributed by atoms with Gasteiger partial charge in [0.15, 0.2) is 11.6 Å². The number of rotatable bonds is 15. The standard InChI is InChI=1S/C31H38N2O2/c1-4-6-10-22-34-25(3)11-8-7-9-12-26-13-15-27(16-14-26)28-17-19-29(20-18-28)31-32-23-30(24-33-31)35-21-5-2/h5,9,12-20,23-25H,2,4,6-8,10-11,21-22H2,1,3H3/b12-9+. The fourth-order valence-electron chi connectivity index (χ4n) is 3.76. The highest BCUT2D eigenvalue weighted by molar-refractivity contribution is 5.69. The Morgan fingerprint density at radius 3 is 2.20 bits per heavy atom. The van der Waals surface area contributed by atoms with Gasteiger partial charge in [-0.3, -0.25) is 0 Å². The van der Waals surface area contributed by atoms with Crippen LogP contribution in [0.25, 0.3) is 28.6 Å². The Morgan fingerprint density at radius 1 is 0.886 bits per heavy atom. The summed E-state index contributed by atoms with van der Waals surface area (Å²) in [7, 11) is 0. The third kappa shape index (κ3) is 9.14. The molecule has 0 amide bonds. The Kier molecular flexibility index (Phi) is 11.2. The zero-order valence-electron chi connectivity index (χ0n) is 21.2. The topological polar surface area (TPSA) is 44.2 Å². The Balaban J connectivity index is 1.45. The monoisotopic (exact) mass is 470 g/mol. The average molecular weight is 471 g/mol. The highest BCUT2D eigenvalue weighted by atomic mass is 16.5. The second-order valence-electron chi connectivity index (χ2n) is 8.76. The van der Waals surface area contributed by atoms with Gasteiger partial charge >= 0.3 is 0 Å². The van der Waals surface area contributed by atoms with Gasteiger partial charge in [0.1, 0.15) is 6.61 Å². The maximum absolute atomic E-state index is 5.88. The minimum atomic E-state index is 0.355. The Labute approximate surface area is 210 Å². The normalized spacial score (nSPS) is 12.1. The van der Waals surface area contributed by atoms with Crippen LogP contribution in [0.2, 0.25) is 0 Å². The lowest BCUT2D eigenvalue weighted by atomic mass is 10.0. The highest BCUT2D eigenvalue weighted by Gasteiger charge is 2.04. The molecule has 184 valence electrons. The van der Waals surface area contributed by atoms with E-state index in [9.17, 15) is 0 Å². The van der Waals surface area contributed by atoms with E-state index in [1.165, 1.54) is 36.0 Å². The molecule has 1 aromatic heterocycles. The Morgan fingerprint density at radius 2 is 1.54 bits per heavy atom. The summed E-state index contributed by atoms with van der Waals surface area (Å²) >= 11 is 0. The van der Waals surface area contributed by atoms with E-state index in [0.717, 1.165) is 31.4 Å². The molecule has 1 atom stereocenters. The van der Waals surface area contributed by atoms with Crippen molar-refractivity contribution in [3.05, 3.63) is 85.2 Å². The van der Waals surface area contributed by atoms with E-state index in [-0.39, 0.29) is 0 Å². The van der Waals surface area contributed by atoms with E-state index in [2.05, 4.69) is 91.1 Å². The molecular weight excluding hydrogens is 432 g/mol. The molecule has 0 saturated heterocycles. The third-order valence-corrected chi connectivity index (χ3v) is 5.83. The molecule has 0 radical (unpaired) electrons. The number of ether oxygens (including phenoxy) is 2. The van der Waals surface area contributed by atoms with Crippen LogP contribution in [-0.2, 0) is 4.74 Å². The molecule has 0 fully saturated rings. The quantitative estimate of drug-likeness (QED) is 0.166. The van der Waals surface area contributed by atoms with Crippen molar-refractivity contribution in [3.63, 3.8) is 0 Å². The van der Waals surface area contributed by atoms with Gasteiger partial charge in [-0.05, 0) is 49.3 Å². The first kappa shape index (κ1) is 26.4. The number of hydrogen-bond acceptors (Lipinski definition) is 4. The lowest BCUT2D eigenvalue weighted by molar-refractivity contribution is 0.0566. The van der Waals surface area contributed by atoms with Gasteiger partial charge < -0.3 is 9.47 Å². The molecule has 1 heterocycles. The summed E-state index contributed by atoms with van der Waals surface area (Å²) < 4.78 is 11.3. The molecule has 1 unspecified atom stereocenters. The van der Waals surface area contributed by atoms with Crippen LogP contribution in [0.5, 0.6) is 5.75 Å². The van der Waals surface area contributed by atoms with Gasteiger partial charge in [0.25, 0.3) is 0 Å². The van der Waals surface area contributed by atoms with Crippen LogP contribution < -0.4 is 4.74 Å². The summed E-state index contributed by atoms with van der Waals surface area (Å²) in [5.41, 5.74) is 4.56. The van der Waals surface area contributed by atoms with Gasteiger partial charge in [0, 0.05) is 12.2 Å². The van der Waals surface area contributed by atoms with E-state index in [1.807, 2.05) is 0 Å². The molecule has 3 rings (SSSR count). The van der Waals surface area contributed by atoms with E-state index in [1.54, 1.807) is 18.5 Å². The summed E-state index contributed by atoms with van der Waals surface area (Å²) in [5, 5.41) is 0. The summed E-state index contributed by atoms with van der Waals surface area (Å²) in [6.45, 7) is 9.39. The summed E-state index contributed by atoms with van der Waals surface area (Å²) in [5.74, 6) is 1.32. The zero-order valence-corrected chi connectivity index (χ0v) is 21.2. The summed E-state index contributed by atoms with van der Waals surface area (Å²) in [6.07, 6.45) is 16.9. The maximum atomic E-state index is 5.88. The second kappa shape index (κ2) is 14.9. The van der Waals surface area contributed by atoms with Crippen LogP contribution in [0.1, 0.15) is 57.9 Å². The number of benzene rings is 2. The molecule has 4 nitrogen and oxygen atoms in total. The van der Waals surface area contributed by atoms with Crippen LogP contribution in [0.15, 0.2) is 79.7 Å². The summed E-state index contributed by atoms with van der Waals surface area (Å²) in [4.78, 5) is 8.80. The van der Waals surface area contributed by atoms with E-state index in [4.69, 9.17) is 9.47 Å². The van der Waals surface area contributed by atoms with Gasteiger partial charge in [-0.1, -0.05) is 93.1 Å². The van der Waals surface area contributed by atoms with Gasteiger partial charge in [0.05, 0.1) is 18.5 Å². The molecule has 0 aliphatic heterocycles. The fraction of sp³-hybridized carbons (Fsp3) is 0.355. The average Bonchev–Trinajstić information content (AvgIpc) is 2.90. The number of aromatic nitrogens is 2. The number of hydrogen-bond donors (Lipinski definition) is 0. The molecule has 0 aliphatic carbocycles. The lowest BCUT2D eigenvalue weighted by Gasteiger charge is -2.12. The smallest absolute Gasteiger partial charge is 0.159 e. The van der Waals surface area contributed by atoms with E-state index < -0.39 is 0 Å². The zero-order chi connectivity index (χ0) is 24.7. The molecule has 0 saturated carbocycles. The second-order valence-corrected chi connectivity index (χ2v) is 8.76. The van der Waals surface area contributed by atoms with Crippen molar-refractivity contribution in [2.75, 3.05) is 13.2 Å². The SMILES string of the molecule is C=CCOc1cnc(-c2ccc(-c3ccc(/C=C/CCCC(C)OCCCCC)cc3)cc2)nc1. The van der Waals surface area contributed by atoms with Crippen molar-refractivity contribution in [1.29, 1.82) is 0 Å². The van der Waals surface area contributed by atoms with Crippen LogP contribution in [0.3, 0.4) is 0 Å². The van der Waals surface area contributed by atoms with Crippen LogP contribution >= 0.6 is 0 Å². The first-order valence-corrected chi connectivity index (χ1v) is 12.7. The molecule has 4 heteroatoms. The number of unbranched alkanes of at least 4 members (excludes halogenated alkanes) is 3. The maximum Gasteiger partial charge on any atom is 0.159 e. The number of nitrogens with zero attached hydrogens (tertiary/aromatic N) is 2. The lowest BCUT2D eigenvalue weighted by Crippen LogP contribution is -2.08. The predicted molar refractivity (Wildman–Crippen MR) is 146 cm³/mol. The first-order valence-electron chi connectivity index (χ1n) is 12.7. The van der Waals surface area contributed by atoms with E-state index >= 15 is 0 Å². The number of allylic oxidation sites excluding steroid dienone is 1. The minimum absolute atomic E-state index is 0.355. The predicted octanol–water partition coefficient (Wildman–Crippen LogP) is 8.15. The van der Waals surface area contributed by atoms with Crippen LogP contribution in [-0.4, -0.2) is 29.3 Å². The van der Waals surface area contributed by atoms with Crippen molar-refractivity contribution in [1.82, 2.24) is 9.97 Å². The summed E-state index contributed by atoms with van der Waals surface area (Å²) in [6, 6.07) is 17.0. The molecule has 2 aromatic carbocycles. The molecule has 0 bridgehead atoms. The minimum Gasteiger partial charge on any atom is -0.486 e. The van der Waals surface area contributed by atoms with Crippen molar-refractivity contribution < 1.29 is 9.47 Å². The fourth-order valence-corrected chi connectivity index (χ4v) is 3.76. The van der Waals surface area contributed by atoms with Gasteiger partial charge in [0.2, 0.25) is 0 Å². The molecule has 3 aromatic rings. The van der Waals surface area contributed by atoms with Crippen molar-refractivity contribution in [3.8, 4) is 28.3 Å². The van der Waals surface area contributed by atoms with E-state index in [0.29, 0.717) is 24.3 Å². The van der Waals surface area contributed by atoms with Crippen LogP contribution in [0, 0.1) is 0 Å². The molecule has 0 N–H and O–H groups in total. The van der Waals surface area contributed by atoms with Crippen molar-refractivity contribution in [2.24, 2.45) is 0 Å². The molecule has 0 aliphatic rings. The van der Waals surface area contributed by atoms with Crippen LogP contribution in [0.4, 0.5) is 0 Å². The van der Waals surface area contributed by atoms with Gasteiger partial charge in [-0.2, -0.15) is 0 Å². The largest absolute Gasteiger partial charge is 0.486 e. The molecule has 35 heavy (non-hydrogen) atoms. The highest BCUT2D eigenvalue weighted by Crippen LogP contribution is 2.24. The van der Waals surface area contributed by atoms with Gasteiger partial charge in [-0.15, -0.1) is 0 Å². The van der Waals surface area contributed by atoms with Crippen molar-refractivity contribution in [2.45, 2.75) is 58.5 Å². The third-order valence-electron chi connectivity index (χ3n) is 5.83. The molecule has 0 spiro atoms. The Hall–Kier alpha value is -3.24. The first-order chi connectivity index (χ1) is 17.2. The Bertz CT molecular complexity index is 1030. The molecular formula is C31H38N2O2. The van der Waals surface area contributed by atoms with Crippen molar-refractivity contribution >= 4 is 6.08 Å². The van der Waals surface area contributed by atoms with Gasteiger partial charge in [-0.25, -0.2) is 9.97 Å².